The molecule has 0 saturated carbocycles. The average Bonchev–Trinajstić information content (AvgIpc) is 3.14. The maximum Gasteiger partial charge on any atom is 0.323 e. The summed E-state index contributed by atoms with van der Waals surface area (Å²) in [5, 5.41) is 42.1. The third-order valence-electron chi connectivity index (χ3n) is 6.15. The van der Waals surface area contributed by atoms with Gasteiger partial charge in [0.25, 0.3) is 0 Å². The zero-order chi connectivity index (χ0) is 24.3. The second-order valence-corrected chi connectivity index (χ2v) is 8.78. The number of para-hydroxylation sites is 1. The maximum absolute atomic E-state index is 12.4. The molecule has 0 radical (unpaired) electrons. The number of ketones is 1. The molecule has 7 N–H and O–H groups in total. The van der Waals surface area contributed by atoms with E-state index >= 15 is 0 Å². The van der Waals surface area contributed by atoms with E-state index in [1.54, 1.807) is 6.20 Å². The van der Waals surface area contributed by atoms with Gasteiger partial charge in [0.1, 0.15) is 12.6 Å². The van der Waals surface area contributed by atoms with Crippen LogP contribution in [0.25, 0.3) is 10.9 Å². The molecule has 4 unspecified atom stereocenters. The standard InChI is InChI=1S/C23H32N2O8/c1-12(26)21-19(29)9-23(31,13(2)27)33-20(21)8-15(28)11-32-22(30)17(24)7-14-10-25-18-6-4-3-5-16(14)18/h3-6,10,12,15,17,19-21,25-26,28-29,31H,7-9,11,24H2,1-2H3/t12-,15+,17-,19?,20?,21?,23?/m1/s1. The van der Waals surface area contributed by atoms with Crippen LogP contribution in [0.15, 0.2) is 30.5 Å². The third-order valence-corrected chi connectivity index (χ3v) is 6.15. The van der Waals surface area contributed by atoms with E-state index in [0.717, 1.165) is 23.4 Å². The minimum Gasteiger partial charge on any atom is -0.462 e. The molecule has 1 saturated heterocycles. The second-order valence-electron chi connectivity index (χ2n) is 8.78. The Morgan fingerprint density at radius 2 is 2.03 bits per heavy atom. The summed E-state index contributed by atoms with van der Waals surface area (Å²) in [4.78, 5) is 27.2. The van der Waals surface area contributed by atoms with Gasteiger partial charge in [-0.15, -0.1) is 0 Å². The number of aromatic nitrogens is 1. The SMILES string of the molecule is CC(=O)C1(O)CC(O)C([C@@H](C)O)C(C[C@H](O)COC(=O)[C@H](N)Cc2c[nH]c3ccccc23)O1. The number of aromatic amines is 1. The van der Waals surface area contributed by atoms with Gasteiger partial charge in [-0.05, 0) is 18.6 Å². The molecule has 7 atom stereocenters. The monoisotopic (exact) mass is 464 g/mol. The summed E-state index contributed by atoms with van der Waals surface area (Å²) in [5.41, 5.74) is 7.78. The van der Waals surface area contributed by atoms with Crippen LogP contribution in [0.5, 0.6) is 0 Å². The van der Waals surface area contributed by atoms with E-state index in [1.165, 1.54) is 6.92 Å². The minimum absolute atomic E-state index is 0.187. The van der Waals surface area contributed by atoms with Crippen molar-refractivity contribution in [2.24, 2.45) is 11.7 Å². The molecule has 0 spiro atoms. The number of H-pyrrole nitrogens is 1. The van der Waals surface area contributed by atoms with Crippen LogP contribution in [0.1, 0.15) is 32.3 Å². The van der Waals surface area contributed by atoms with Crippen LogP contribution >= 0.6 is 0 Å². The Hall–Kier alpha value is -2.34. The summed E-state index contributed by atoms with van der Waals surface area (Å²) in [5.74, 6) is -4.46. The molecule has 10 nitrogen and oxygen atoms in total. The molecule has 1 aliphatic rings. The summed E-state index contributed by atoms with van der Waals surface area (Å²) < 4.78 is 10.6. The fraction of sp³-hybridized carbons (Fsp3) is 0.565. The Kier molecular flexibility index (Phi) is 7.88. The zero-order valence-corrected chi connectivity index (χ0v) is 18.7. The van der Waals surface area contributed by atoms with Gasteiger partial charge in [0.2, 0.25) is 5.79 Å². The number of carbonyl (C=O) groups is 2. The van der Waals surface area contributed by atoms with Crippen LogP contribution in [-0.2, 0) is 25.5 Å². The van der Waals surface area contributed by atoms with Crippen molar-refractivity contribution in [1.29, 1.82) is 0 Å². The quantitative estimate of drug-likeness (QED) is 0.273. The van der Waals surface area contributed by atoms with Crippen molar-refractivity contribution in [2.75, 3.05) is 6.61 Å². The zero-order valence-electron chi connectivity index (χ0n) is 18.7. The number of hydrogen-bond acceptors (Lipinski definition) is 9. The number of carbonyl (C=O) groups excluding carboxylic acids is 2. The van der Waals surface area contributed by atoms with Crippen LogP contribution in [0.2, 0.25) is 0 Å². The first-order chi connectivity index (χ1) is 15.5. The minimum atomic E-state index is -2.21. The Bertz CT molecular complexity index is 976. The first-order valence-electron chi connectivity index (χ1n) is 10.9. The van der Waals surface area contributed by atoms with E-state index in [-0.39, 0.29) is 19.3 Å². The number of fused-ring (bicyclic) bond motifs is 1. The largest absolute Gasteiger partial charge is 0.462 e. The van der Waals surface area contributed by atoms with Crippen LogP contribution < -0.4 is 5.73 Å². The lowest BCUT2D eigenvalue weighted by atomic mass is 9.81. The maximum atomic E-state index is 12.4. The summed E-state index contributed by atoms with van der Waals surface area (Å²) in [6.45, 7) is 2.17. The van der Waals surface area contributed by atoms with Gasteiger partial charge in [0, 0.05) is 49.2 Å². The molecular weight excluding hydrogens is 432 g/mol. The molecule has 1 aromatic heterocycles. The van der Waals surface area contributed by atoms with E-state index < -0.39 is 60.5 Å². The lowest BCUT2D eigenvalue weighted by molar-refractivity contribution is -0.285. The number of aliphatic hydroxyl groups is 4. The number of rotatable bonds is 9. The average molecular weight is 465 g/mol. The molecule has 0 aliphatic carbocycles. The first-order valence-corrected chi connectivity index (χ1v) is 10.9. The van der Waals surface area contributed by atoms with E-state index in [0.29, 0.717) is 0 Å². The number of nitrogens with two attached hydrogens (primary N) is 1. The van der Waals surface area contributed by atoms with Gasteiger partial charge in [-0.2, -0.15) is 0 Å². The molecule has 33 heavy (non-hydrogen) atoms. The van der Waals surface area contributed by atoms with Crippen molar-refractivity contribution in [3.8, 4) is 0 Å². The van der Waals surface area contributed by atoms with Crippen LogP contribution in [-0.4, -0.2) is 80.0 Å². The molecule has 1 fully saturated rings. The van der Waals surface area contributed by atoms with Gasteiger partial charge in [-0.3, -0.25) is 9.59 Å². The number of Topliss-reactive ketones (excluding diaryl/α,β-unsaturated/α-hetero) is 1. The topological polar surface area (TPSA) is 175 Å². The van der Waals surface area contributed by atoms with Crippen LogP contribution in [0, 0.1) is 5.92 Å². The highest BCUT2D eigenvalue weighted by Crippen LogP contribution is 2.36. The second kappa shape index (κ2) is 10.3. The van der Waals surface area contributed by atoms with Crippen molar-refractivity contribution < 1.29 is 39.5 Å². The fourth-order valence-corrected chi connectivity index (χ4v) is 4.35. The number of nitrogens with one attached hydrogen (secondary N) is 1. The molecule has 3 rings (SSSR count). The smallest absolute Gasteiger partial charge is 0.323 e. The Morgan fingerprint density at radius 3 is 2.70 bits per heavy atom. The lowest BCUT2D eigenvalue weighted by Crippen LogP contribution is -2.58. The van der Waals surface area contributed by atoms with Gasteiger partial charge >= 0.3 is 5.97 Å². The number of esters is 1. The van der Waals surface area contributed by atoms with Crippen molar-refractivity contribution >= 4 is 22.7 Å². The highest BCUT2D eigenvalue weighted by molar-refractivity contribution is 5.84. The number of hydrogen-bond donors (Lipinski definition) is 6. The third kappa shape index (κ3) is 5.78. The molecule has 10 heteroatoms. The van der Waals surface area contributed by atoms with Gasteiger partial charge in [0.05, 0.1) is 24.4 Å². The molecule has 182 valence electrons. The normalized spacial score (nSPS) is 28.3. The number of aliphatic hydroxyl groups excluding tert-OH is 3. The summed E-state index contributed by atoms with van der Waals surface area (Å²) >= 11 is 0. The molecular formula is C23H32N2O8. The van der Waals surface area contributed by atoms with Crippen molar-refractivity contribution in [3.05, 3.63) is 36.0 Å². The van der Waals surface area contributed by atoms with E-state index in [4.69, 9.17) is 15.2 Å². The Morgan fingerprint density at radius 1 is 1.33 bits per heavy atom. The molecule has 2 heterocycles. The van der Waals surface area contributed by atoms with E-state index in [1.807, 2.05) is 24.3 Å². The first kappa shape index (κ1) is 25.3. The fourth-order valence-electron chi connectivity index (χ4n) is 4.35. The molecule has 0 amide bonds. The van der Waals surface area contributed by atoms with Gasteiger partial charge in [0.15, 0.2) is 5.78 Å². The summed E-state index contributed by atoms with van der Waals surface area (Å²) in [6, 6.07) is 6.67. The van der Waals surface area contributed by atoms with Crippen molar-refractivity contribution in [1.82, 2.24) is 4.98 Å². The lowest BCUT2D eigenvalue weighted by Gasteiger charge is -2.44. The molecule has 2 aromatic rings. The highest BCUT2D eigenvalue weighted by Gasteiger charge is 2.50. The number of benzene rings is 1. The molecule has 1 aromatic carbocycles. The number of ether oxygens (including phenoxy) is 2. The molecule has 0 bridgehead atoms. The predicted octanol–water partition coefficient (Wildman–Crippen LogP) is -0.244. The highest BCUT2D eigenvalue weighted by atomic mass is 16.6. The van der Waals surface area contributed by atoms with E-state index in [2.05, 4.69) is 4.98 Å². The summed E-state index contributed by atoms with van der Waals surface area (Å²) in [6.07, 6.45) is -3.08. The Labute approximate surface area is 191 Å². The van der Waals surface area contributed by atoms with Crippen LogP contribution in [0.3, 0.4) is 0 Å². The molecule has 1 aliphatic heterocycles. The summed E-state index contributed by atoms with van der Waals surface area (Å²) in [7, 11) is 0. The Balaban J connectivity index is 1.57. The van der Waals surface area contributed by atoms with Crippen LogP contribution in [0.4, 0.5) is 0 Å². The van der Waals surface area contributed by atoms with Gasteiger partial charge < -0.3 is 40.6 Å². The van der Waals surface area contributed by atoms with Crippen molar-refractivity contribution in [3.63, 3.8) is 0 Å². The van der Waals surface area contributed by atoms with Crippen molar-refractivity contribution in [2.45, 2.75) is 69.4 Å². The predicted molar refractivity (Wildman–Crippen MR) is 118 cm³/mol. The van der Waals surface area contributed by atoms with Gasteiger partial charge in [-0.25, -0.2) is 0 Å². The van der Waals surface area contributed by atoms with E-state index in [9.17, 15) is 30.0 Å². The van der Waals surface area contributed by atoms with Gasteiger partial charge in [-0.1, -0.05) is 18.2 Å².